The Morgan fingerprint density at radius 2 is 1.91 bits per heavy atom. The lowest BCUT2D eigenvalue weighted by atomic mass is 10.2. The molecule has 124 valence electrons. The molecule has 3 N–H and O–H groups in total. The van der Waals surface area contributed by atoms with Gasteiger partial charge in [-0.15, -0.1) is 23.1 Å². The van der Waals surface area contributed by atoms with Crippen LogP contribution in [0.15, 0.2) is 40.6 Å². The second-order valence-corrected chi connectivity index (χ2v) is 9.04. The van der Waals surface area contributed by atoms with Gasteiger partial charge in [0.2, 0.25) is 15.9 Å². The minimum absolute atomic E-state index is 0.0962. The van der Waals surface area contributed by atoms with E-state index < -0.39 is 10.0 Å². The Labute approximate surface area is 148 Å². The van der Waals surface area contributed by atoms with Crippen molar-refractivity contribution < 1.29 is 13.2 Å². The van der Waals surface area contributed by atoms with Crippen molar-refractivity contribution in [3.63, 3.8) is 0 Å². The Morgan fingerprint density at radius 3 is 2.52 bits per heavy atom. The van der Waals surface area contributed by atoms with Gasteiger partial charge in [-0.1, -0.05) is 23.7 Å². The van der Waals surface area contributed by atoms with E-state index >= 15 is 0 Å². The first kappa shape index (κ1) is 18.3. The first-order valence-electron chi connectivity index (χ1n) is 6.55. The number of halogens is 1. The molecule has 1 aromatic carbocycles. The number of thiophene rings is 1. The molecule has 1 amide bonds. The first-order chi connectivity index (χ1) is 10.8. The number of sulfonamides is 1. The minimum Gasteiger partial charge on any atom is -0.350 e. The Kier molecular flexibility index (Phi) is 6.49. The number of nitrogens with two attached hydrogens (primary N) is 1. The Bertz CT molecular complexity index is 773. The lowest BCUT2D eigenvalue weighted by Gasteiger charge is -2.04. The third-order valence-corrected chi connectivity index (χ3v) is 6.57. The van der Waals surface area contributed by atoms with Crippen molar-refractivity contribution in [1.82, 2.24) is 5.32 Å². The van der Waals surface area contributed by atoms with Crippen molar-refractivity contribution in [2.45, 2.75) is 16.5 Å². The van der Waals surface area contributed by atoms with E-state index in [1.165, 1.54) is 17.8 Å². The summed E-state index contributed by atoms with van der Waals surface area (Å²) in [6, 6.07) is 10.6. The summed E-state index contributed by atoms with van der Waals surface area (Å²) in [7, 11) is -3.68. The second-order valence-electron chi connectivity index (χ2n) is 4.66. The van der Waals surface area contributed by atoms with E-state index in [0.29, 0.717) is 17.3 Å². The number of hydrogen-bond donors (Lipinski definition) is 2. The van der Waals surface area contributed by atoms with E-state index in [1.54, 1.807) is 6.07 Å². The highest BCUT2D eigenvalue weighted by Crippen LogP contribution is 2.20. The van der Waals surface area contributed by atoms with Crippen LogP contribution in [0.25, 0.3) is 0 Å². The molecule has 0 aliphatic carbocycles. The number of hydrogen-bond acceptors (Lipinski definition) is 5. The molecule has 0 unspecified atom stereocenters. The molecule has 0 radical (unpaired) electrons. The van der Waals surface area contributed by atoms with Crippen molar-refractivity contribution in [3.05, 3.63) is 51.9 Å². The van der Waals surface area contributed by atoms with Gasteiger partial charge in [0.05, 0.1) is 12.3 Å². The first-order valence-corrected chi connectivity index (χ1v) is 10.4. The van der Waals surface area contributed by atoms with E-state index in [1.807, 2.05) is 24.3 Å². The number of amides is 1. The normalized spacial score (nSPS) is 11.4. The molecule has 9 heteroatoms. The summed E-state index contributed by atoms with van der Waals surface area (Å²) in [6.07, 6.45) is 0. The van der Waals surface area contributed by atoms with Crippen LogP contribution >= 0.6 is 34.7 Å². The van der Waals surface area contributed by atoms with Crippen LogP contribution < -0.4 is 10.5 Å². The molecule has 0 spiro atoms. The molecule has 2 aromatic rings. The summed E-state index contributed by atoms with van der Waals surface area (Å²) in [5.74, 6) is 0.948. The number of nitrogens with one attached hydrogen (secondary N) is 1. The van der Waals surface area contributed by atoms with Crippen LogP contribution in [0.1, 0.15) is 10.4 Å². The van der Waals surface area contributed by atoms with Crippen molar-refractivity contribution >= 4 is 50.6 Å². The highest BCUT2D eigenvalue weighted by molar-refractivity contribution is 7.99. The van der Waals surface area contributed by atoms with Gasteiger partial charge in [-0.05, 0) is 29.8 Å². The predicted octanol–water partition coefficient (Wildman–Crippen LogP) is 2.60. The molecule has 0 aliphatic rings. The summed E-state index contributed by atoms with van der Waals surface area (Å²) in [5.41, 5.74) is 1.10. The third kappa shape index (κ3) is 6.15. The van der Waals surface area contributed by atoms with E-state index in [4.69, 9.17) is 16.7 Å². The fraction of sp³-hybridized carbons (Fsp3) is 0.214. The number of carbonyl (C=O) groups is 1. The average molecular weight is 391 g/mol. The van der Waals surface area contributed by atoms with E-state index in [9.17, 15) is 13.2 Å². The number of primary sulfonamides is 1. The summed E-state index contributed by atoms with van der Waals surface area (Å²) in [5, 5.41) is 8.48. The standard InChI is InChI=1S/C14H15ClN2O3S3/c15-11-3-1-10(2-4-11)8-21-9-13(18)17-7-12-5-6-14(22-12)23(16,19)20/h1-6H,7-9H2,(H,17,18)(H2,16,19,20). The SMILES string of the molecule is NS(=O)(=O)c1ccc(CNC(=O)CSCc2ccc(Cl)cc2)s1. The summed E-state index contributed by atoms with van der Waals surface area (Å²) in [6.45, 7) is 0.292. The Morgan fingerprint density at radius 1 is 1.22 bits per heavy atom. The molecule has 5 nitrogen and oxygen atoms in total. The molecule has 0 aliphatic heterocycles. The minimum atomic E-state index is -3.68. The fourth-order valence-electron chi connectivity index (χ4n) is 1.69. The van der Waals surface area contributed by atoms with Crippen molar-refractivity contribution in [3.8, 4) is 0 Å². The molecule has 2 rings (SSSR count). The van der Waals surface area contributed by atoms with E-state index in [2.05, 4.69) is 5.32 Å². The van der Waals surface area contributed by atoms with Gasteiger partial charge in [-0.3, -0.25) is 4.79 Å². The Balaban J connectivity index is 1.73. The largest absolute Gasteiger partial charge is 0.350 e. The number of thioether (sulfide) groups is 1. The van der Waals surface area contributed by atoms with Crippen LogP contribution in [0.4, 0.5) is 0 Å². The maximum atomic E-state index is 11.8. The lowest BCUT2D eigenvalue weighted by molar-refractivity contribution is -0.118. The molecule has 1 heterocycles. The van der Waals surface area contributed by atoms with Crippen molar-refractivity contribution in [2.24, 2.45) is 5.14 Å². The van der Waals surface area contributed by atoms with Crippen LogP contribution in [0.5, 0.6) is 0 Å². The van der Waals surface area contributed by atoms with E-state index in [0.717, 1.165) is 27.5 Å². The molecule has 23 heavy (non-hydrogen) atoms. The third-order valence-electron chi connectivity index (χ3n) is 2.79. The molecule has 1 aromatic heterocycles. The smallest absolute Gasteiger partial charge is 0.247 e. The molecule has 0 bridgehead atoms. The van der Waals surface area contributed by atoms with Gasteiger partial charge in [0.25, 0.3) is 0 Å². The van der Waals surface area contributed by atoms with Crippen LogP contribution in [0, 0.1) is 0 Å². The van der Waals surface area contributed by atoms with Gasteiger partial charge in [0.15, 0.2) is 0 Å². The molecular weight excluding hydrogens is 376 g/mol. The average Bonchev–Trinajstić information content (AvgIpc) is 2.96. The maximum absolute atomic E-state index is 11.8. The zero-order valence-electron chi connectivity index (χ0n) is 12.0. The van der Waals surface area contributed by atoms with Crippen molar-refractivity contribution in [1.29, 1.82) is 0 Å². The Hall–Kier alpha value is -1.06. The predicted molar refractivity (Wildman–Crippen MR) is 95.2 cm³/mol. The van der Waals surface area contributed by atoms with Crippen LogP contribution in [0.2, 0.25) is 5.02 Å². The van der Waals surface area contributed by atoms with Gasteiger partial charge >= 0.3 is 0 Å². The zero-order valence-corrected chi connectivity index (χ0v) is 15.2. The van der Waals surface area contributed by atoms with Crippen LogP contribution in [-0.2, 0) is 27.1 Å². The van der Waals surface area contributed by atoms with E-state index in [-0.39, 0.29) is 10.1 Å². The lowest BCUT2D eigenvalue weighted by Crippen LogP contribution is -2.24. The monoisotopic (exact) mass is 390 g/mol. The highest BCUT2D eigenvalue weighted by Gasteiger charge is 2.11. The number of benzene rings is 1. The van der Waals surface area contributed by atoms with Gasteiger partial charge < -0.3 is 5.32 Å². The topological polar surface area (TPSA) is 89.3 Å². The summed E-state index contributed by atoms with van der Waals surface area (Å²) >= 11 is 8.36. The molecular formula is C14H15ClN2O3S3. The number of rotatable bonds is 7. The molecule has 0 fully saturated rings. The highest BCUT2D eigenvalue weighted by atomic mass is 35.5. The second kappa shape index (κ2) is 8.16. The fourth-order valence-corrected chi connectivity index (χ4v) is 4.35. The quantitative estimate of drug-likeness (QED) is 0.760. The van der Waals surface area contributed by atoms with Crippen molar-refractivity contribution in [2.75, 3.05) is 5.75 Å². The van der Waals surface area contributed by atoms with Crippen LogP contribution in [0.3, 0.4) is 0 Å². The summed E-state index contributed by atoms with van der Waals surface area (Å²) in [4.78, 5) is 12.5. The molecule has 0 atom stereocenters. The molecule has 0 saturated carbocycles. The zero-order chi connectivity index (χ0) is 16.9. The van der Waals surface area contributed by atoms with Gasteiger partial charge in [0, 0.05) is 15.7 Å². The van der Waals surface area contributed by atoms with Gasteiger partial charge in [-0.25, -0.2) is 13.6 Å². The summed E-state index contributed by atoms with van der Waals surface area (Å²) < 4.78 is 22.4. The molecule has 0 saturated heterocycles. The number of carbonyl (C=O) groups excluding carboxylic acids is 1. The van der Waals surface area contributed by atoms with Gasteiger partial charge in [-0.2, -0.15) is 0 Å². The maximum Gasteiger partial charge on any atom is 0.247 e. The van der Waals surface area contributed by atoms with Gasteiger partial charge in [0.1, 0.15) is 4.21 Å². The van der Waals surface area contributed by atoms with Crippen LogP contribution in [-0.4, -0.2) is 20.1 Å².